The van der Waals surface area contributed by atoms with Crippen LogP contribution in [-0.2, 0) is 6.54 Å². The molecule has 1 N–H and O–H groups in total. The van der Waals surface area contributed by atoms with Crippen molar-refractivity contribution in [1.82, 2.24) is 45.1 Å². The summed E-state index contributed by atoms with van der Waals surface area (Å²) < 4.78 is 3.92. The molecule has 1 aliphatic heterocycles. The number of hydrogen-bond donors (Lipinski definition) is 1. The number of benzene rings is 2. The van der Waals surface area contributed by atoms with Gasteiger partial charge in [0.05, 0.1) is 29.7 Å². The van der Waals surface area contributed by atoms with E-state index >= 15 is 0 Å². The molecule has 0 fully saturated rings. The molecule has 2 unspecified atom stereocenters. The van der Waals surface area contributed by atoms with Crippen molar-refractivity contribution in [3.05, 3.63) is 107 Å². The van der Waals surface area contributed by atoms with Crippen LogP contribution >= 0.6 is 0 Å². The van der Waals surface area contributed by atoms with Crippen molar-refractivity contribution >= 4 is 0 Å². The minimum Gasteiger partial charge on any atom is -0.285 e. The summed E-state index contributed by atoms with van der Waals surface area (Å²) in [4.78, 5) is 2.52. The zero-order valence-electron chi connectivity index (χ0n) is 22.2. The highest BCUT2D eigenvalue weighted by Gasteiger charge is 2.41. The van der Waals surface area contributed by atoms with Gasteiger partial charge in [0.1, 0.15) is 6.04 Å². The van der Waals surface area contributed by atoms with Gasteiger partial charge in [0, 0.05) is 30.1 Å². The maximum atomic E-state index is 5.08. The Labute approximate surface area is 222 Å². The average molecular weight is 508 g/mol. The zero-order chi connectivity index (χ0) is 26.2. The smallest absolute Gasteiger partial charge is 0.173 e. The lowest BCUT2D eigenvalue weighted by molar-refractivity contribution is 0.134. The minimum absolute atomic E-state index is 0.0390. The summed E-state index contributed by atoms with van der Waals surface area (Å²) in [6.45, 7) is 10.3. The summed E-state index contributed by atoms with van der Waals surface area (Å²) in [5.41, 5.74) is 6.66. The second kappa shape index (κ2) is 9.98. The largest absolute Gasteiger partial charge is 0.285 e. The Morgan fingerprint density at radius 3 is 2.29 bits per heavy atom. The van der Waals surface area contributed by atoms with E-state index in [-0.39, 0.29) is 23.9 Å². The highest BCUT2D eigenvalue weighted by molar-refractivity contribution is 5.40. The second-order valence-electron chi connectivity index (χ2n) is 10.5. The van der Waals surface area contributed by atoms with Crippen molar-refractivity contribution in [3.8, 4) is 5.69 Å². The molecule has 0 saturated heterocycles. The van der Waals surface area contributed by atoms with E-state index in [0.29, 0.717) is 6.54 Å². The summed E-state index contributed by atoms with van der Waals surface area (Å²) in [7, 11) is 0. The third-order valence-corrected chi connectivity index (χ3v) is 7.33. The standard InChI is InChI=1S/C29H33N9/c1-19(2)25-23(17-30-31-25)27(21-11-7-5-8-12-21)36-15-16-37-29(32-34-35-37)28(36)24-18-38(33-26(24)20(3)4)22-13-9-6-10-14-22/h5-14,17-20,27-28H,15-16H2,1-4H3,(H,30,31). The molecule has 0 saturated carbocycles. The summed E-state index contributed by atoms with van der Waals surface area (Å²) in [5, 5.41) is 25.9. The molecule has 0 bridgehead atoms. The van der Waals surface area contributed by atoms with E-state index in [9.17, 15) is 0 Å². The fourth-order valence-electron chi connectivity index (χ4n) is 5.60. The summed E-state index contributed by atoms with van der Waals surface area (Å²) >= 11 is 0. The van der Waals surface area contributed by atoms with Crippen molar-refractivity contribution in [2.75, 3.05) is 6.54 Å². The molecule has 0 spiro atoms. The lowest BCUT2D eigenvalue weighted by Crippen LogP contribution is -2.42. The minimum atomic E-state index is -0.186. The van der Waals surface area contributed by atoms with Crippen molar-refractivity contribution in [2.24, 2.45) is 0 Å². The normalized spacial score (nSPS) is 16.7. The fourth-order valence-corrected chi connectivity index (χ4v) is 5.60. The lowest BCUT2D eigenvalue weighted by atomic mass is 9.90. The monoisotopic (exact) mass is 507 g/mol. The second-order valence-corrected chi connectivity index (χ2v) is 10.5. The Hall–Kier alpha value is -4.11. The first-order valence-corrected chi connectivity index (χ1v) is 13.3. The van der Waals surface area contributed by atoms with Crippen LogP contribution < -0.4 is 0 Å². The maximum absolute atomic E-state index is 5.08. The van der Waals surface area contributed by atoms with Gasteiger partial charge in [-0.05, 0) is 40.0 Å². The number of nitrogens with zero attached hydrogens (tertiary/aromatic N) is 8. The highest BCUT2D eigenvalue weighted by Crippen LogP contribution is 2.43. The van der Waals surface area contributed by atoms with Crippen LogP contribution in [0.1, 0.15) is 85.5 Å². The van der Waals surface area contributed by atoms with Gasteiger partial charge in [-0.3, -0.25) is 10.00 Å². The lowest BCUT2D eigenvalue weighted by Gasteiger charge is -2.40. The van der Waals surface area contributed by atoms with E-state index in [0.717, 1.165) is 35.0 Å². The van der Waals surface area contributed by atoms with Gasteiger partial charge >= 0.3 is 0 Å². The Bertz CT molecular complexity index is 1500. The Kier molecular flexibility index (Phi) is 6.37. The molecule has 9 heteroatoms. The number of rotatable bonds is 7. The van der Waals surface area contributed by atoms with Crippen molar-refractivity contribution in [2.45, 2.75) is 58.2 Å². The predicted molar refractivity (Wildman–Crippen MR) is 145 cm³/mol. The van der Waals surface area contributed by atoms with Gasteiger partial charge in [0.2, 0.25) is 0 Å². The van der Waals surface area contributed by atoms with E-state index in [2.05, 4.69) is 113 Å². The van der Waals surface area contributed by atoms with Crippen LogP contribution in [0.5, 0.6) is 0 Å². The molecule has 3 aromatic heterocycles. The quantitative estimate of drug-likeness (QED) is 0.332. The van der Waals surface area contributed by atoms with E-state index < -0.39 is 0 Å². The van der Waals surface area contributed by atoms with Crippen molar-refractivity contribution < 1.29 is 0 Å². The number of hydrogen-bond acceptors (Lipinski definition) is 6. The van der Waals surface area contributed by atoms with Crippen LogP contribution in [0.4, 0.5) is 0 Å². The summed E-state index contributed by atoms with van der Waals surface area (Å²) in [6, 6.07) is 20.7. The predicted octanol–water partition coefficient (Wildman–Crippen LogP) is 5.02. The molecule has 6 rings (SSSR count). The number of aromatic nitrogens is 8. The fraction of sp³-hybridized carbons (Fsp3) is 0.345. The van der Waals surface area contributed by atoms with Crippen LogP contribution in [0, 0.1) is 0 Å². The molecule has 1 aliphatic rings. The molecule has 194 valence electrons. The number of aromatic amines is 1. The molecular weight excluding hydrogens is 474 g/mol. The van der Waals surface area contributed by atoms with Crippen LogP contribution in [0.15, 0.2) is 73.1 Å². The number of tetrazole rings is 1. The Morgan fingerprint density at radius 1 is 0.868 bits per heavy atom. The van der Waals surface area contributed by atoms with E-state index in [1.807, 2.05) is 27.6 Å². The zero-order valence-corrected chi connectivity index (χ0v) is 22.2. The first kappa shape index (κ1) is 24.2. The molecule has 38 heavy (non-hydrogen) atoms. The summed E-state index contributed by atoms with van der Waals surface area (Å²) in [5.74, 6) is 1.34. The molecule has 0 radical (unpaired) electrons. The van der Waals surface area contributed by atoms with E-state index in [4.69, 9.17) is 5.10 Å². The van der Waals surface area contributed by atoms with Crippen LogP contribution in [0.2, 0.25) is 0 Å². The SMILES string of the molecule is CC(C)c1n[nH]cc1C(c1ccccc1)N1CCn2nnnc2C1c1cn(-c2ccccc2)nc1C(C)C. The van der Waals surface area contributed by atoms with Gasteiger partial charge in [0.25, 0.3) is 0 Å². The molecule has 5 aromatic rings. The van der Waals surface area contributed by atoms with Gasteiger partial charge in [-0.1, -0.05) is 76.2 Å². The van der Waals surface area contributed by atoms with Gasteiger partial charge in [-0.25, -0.2) is 9.36 Å². The van der Waals surface area contributed by atoms with Crippen LogP contribution in [0.3, 0.4) is 0 Å². The third-order valence-electron chi connectivity index (χ3n) is 7.33. The van der Waals surface area contributed by atoms with Gasteiger partial charge in [-0.2, -0.15) is 10.2 Å². The maximum Gasteiger partial charge on any atom is 0.173 e. The molecule has 2 aromatic carbocycles. The average Bonchev–Trinajstić information content (AvgIpc) is 3.69. The molecule has 2 atom stereocenters. The number of para-hydroxylation sites is 1. The highest BCUT2D eigenvalue weighted by atomic mass is 15.6. The first-order chi connectivity index (χ1) is 18.5. The van der Waals surface area contributed by atoms with E-state index in [1.165, 1.54) is 11.1 Å². The van der Waals surface area contributed by atoms with Crippen LogP contribution in [0.25, 0.3) is 5.69 Å². The first-order valence-electron chi connectivity index (χ1n) is 13.3. The van der Waals surface area contributed by atoms with Crippen LogP contribution in [-0.4, -0.2) is 51.6 Å². The van der Waals surface area contributed by atoms with Gasteiger partial charge < -0.3 is 0 Å². The molecule has 9 nitrogen and oxygen atoms in total. The van der Waals surface area contributed by atoms with Crippen molar-refractivity contribution in [1.29, 1.82) is 0 Å². The Morgan fingerprint density at radius 2 is 1.58 bits per heavy atom. The molecule has 4 heterocycles. The molecule has 0 amide bonds. The number of H-pyrrole nitrogens is 1. The van der Waals surface area contributed by atoms with Gasteiger partial charge in [-0.15, -0.1) is 5.10 Å². The van der Waals surface area contributed by atoms with E-state index in [1.54, 1.807) is 0 Å². The molecule has 0 aliphatic carbocycles. The Balaban J connectivity index is 1.56. The molecular formula is C29H33N9. The van der Waals surface area contributed by atoms with Crippen molar-refractivity contribution in [3.63, 3.8) is 0 Å². The van der Waals surface area contributed by atoms with Gasteiger partial charge in [0.15, 0.2) is 5.82 Å². The topological polar surface area (TPSA) is 93.3 Å². The third kappa shape index (κ3) is 4.22. The number of nitrogens with one attached hydrogen (secondary N) is 1. The number of fused-ring (bicyclic) bond motifs is 1. The summed E-state index contributed by atoms with van der Waals surface area (Å²) in [6.07, 6.45) is 4.21.